The van der Waals surface area contributed by atoms with Gasteiger partial charge in [0.15, 0.2) is 0 Å². The molecule has 0 bridgehead atoms. The highest BCUT2D eigenvalue weighted by molar-refractivity contribution is 4.80. The van der Waals surface area contributed by atoms with E-state index >= 15 is 0 Å². The van der Waals surface area contributed by atoms with Crippen LogP contribution >= 0.6 is 0 Å². The summed E-state index contributed by atoms with van der Waals surface area (Å²) in [4.78, 5) is 0. The van der Waals surface area contributed by atoms with Crippen molar-refractivity contribution in [3.8, 4) is 0 Å². The maximum Gasteiger partial charge on any atom is 0.00951 e. The first-order valence-electron chi connectivity index (χ1n) is 6.35. The van der Waals surface area contributed by atoms with Crippen molar-refractivity contribution in [2.24, 2.45) is 11.8 Å². The monoisotopic (exact) mass is 197 g/mol. The van der Waals surface area contributed by atoms with E-state index in [1.807, 2.05) is 0 Å². The molecule has 0 unspecified atom stereocenters. The van der Waals surface area contributed by atoms with Gasteiger partial charge in [-0.2, -0.15) is 0 Å². The van der Waals surface area contributed by atoms with Gasteiger partial charge in [0.1, 0.15) is 0 Å². The van der Waals surface area contributed by atoms with Gasteiger partial charge < -0.3 is 5.32 Å². The second-order valence-corrected chi connectivity index (χ2v) is 5.57. The molecule has 14 heavy (non-hydrogen) atoms. The van der Waals surface area contributed by atoms with Gasteiger partial charge >= 0.3 is 0 Å². The summed E-state index contributed by atoms with van der Waals surface area (Å²) in [6, 6.07) is 1.48. The highest BCUT2D eigenvalue weighted by atomic mass is 14.9. The molecule has 84 valence electrons. The van der Waals surface area contributed by atoms with Crippen LogP contribution < -0.4 is 5.32 Å². The molecule has 0 aromatic heterocycles. The van der Waals surface area contributed by atoms with Gasteiger partial charge in [-0.3, -0.25) is 0 Å². The summed E-state index contributed by atoms with van der Waals surface area (Å²) >= 11 is 0. The Morgan fingerprint density at radius 2 is 1.79 bits per heavy atom. The maximum atomic E-state index is 3.80. The molecular weight excluding hydrogens is 170 g/mol. The molecule has 0 heterocycles. The SMILES string of the molecule is CC(C)C[C@H](C)N[C@@H]1CCCC[C@@H]1C. The second-order valence-electron chi connectivity index (χ2n) is 5.57. The molecule has 0 aliphatic heterocycles. The lowest BCUT2D eigenvalue weighted by Gasteiger charge is -2.32. The zero-order chi connectivity index (χ0) is 10.6. The molecule has 0 aromatic carbocycles. The molecule has 0 saturated heterocycles. The van der Waals surface area contributed by atoms with E-state index in [2.05, 4.69) is 33.0 Å². The fraction of sp³-hybridized carbons (Fsp3) is 1.00. The van der Waals surface area contributed by atoms with Crippen LogP contribution in [-0.4, -0.2) is 12.1 Å². The third-order valence-electron chi connectivity index (χ3n) is 3.44. The lowest BCUT2D eigenvalue weighted by Crippen LogP contribution is -2.42. The van der Waals surface area contributed by atoms with Crippen LogP contribution in [-0.2, 0) is 0 Å². The van der Waals surface area contributed by atoms with Crippen LogP contribution in [0.5, 0.6) is 0 Å². The Bertz CT molecular complexity index is 153. The molecule has 3 atom stereocenters. The Hall–Kier alpha value is -0.0400. The molecule has 0 radical (unpaired) electrons. The van der Waals surface area contributed by atoms with Gasteiger partial charge in [0.25, 0.3) is 0 Å². The summed E-state index contributed by atoms with van der Waals surface area (Å²) < 4.78 is 0. The molecule has 1 N–H and O–H groups in total. The Kier molecular flexibility index (Phi) is 4.94. The van der Waals surface area contributed by atoms with Crippen molar-refractivity contribution in [1.82, 2.24) is 5.32 Å². The van der Waals surface area contributed by atoms with Crippen LogP contribution in [0.2, 0.25) is 0 Å². The highest BCUT2D eigenvalue weighted by Crippen LogP contribution is 2.24. The van der Waals surface area contributed by atoms with Crippen LogP contribution in [0.3, 0.4) is 0 Å². The highest BCUT2D eigenvalue weighted by Gasteiger charge is 2.22. The largest absolute Gasteiger partial charge is 0.311 e. The zero-order valence-electron chi connectivity index (χ0n) is 10.3. The summed E-state index contributed by atoms with van der Waals surface area (Å²) in [6.07, 6.45) is 6.99. The first-order chi connectivity index (χ1) is 6.59. The summed E-state index contributed by atoms with van der Waals surface area (Å²) in [5, 5.41) is 3.80. The normalized spacial score (nSPS) is 30.6. The number of nitrogens with one attached hydrogen (secondary N) is 1. The minimum absolute atomic E-state index is 0.695. The van der Waals surface area contributed by atoms with Gasteiger partial charge in [-0.15, -0.1) is 0 Å². The van der Waals surface area contributed by atoms with Crippen molar-refractivity contribution in [1.29, 1.82) is 0 Å². The van der Waals surface area contributed by atoms with Crippen LogP contribution in [0.1, 0.15) is 59.8 Å². The number of rotatable bonds is 4. The van der Waals surface area contributed by atoms with Crippen LogP contribution in [0.4, 0.5) is 0 Å². The van der Waals surface area contributed by atoms with Gasteiger partial charge in [-0.25, -0.2) is 0 Å². The Morgan fingerprint density at radius 1 is 1.14 bits per heavy atom. The van der Waals surface area contributed by atoms with E-state index in [9.17, 15) is 0 Å². The van der Waals surface area contributed by atoms with Gasteiger partial charge in [-0.05, 0) is 38.0 Å². The van der Waals surface area contributed by atoms with E-state index < -0.39 is 0 Å². The molecule has 0 amide bonds. The standard InChI is InChI=1S/C13H27N/c1-10(2)9-12(4)14-13-8-6-5-7-11(13)3/h10-14H,5-9H2,1-4H3/t11-,12-,13+/m0/s1. The van der Waals surface area contributed by atoms with Gasteiger partial charge in [0.2, 0.25) is 0 Å². The molecular formula is C13H27N. The summed E-state index contributed by atoms with van der Waals surface area (Å²) in [5.74, 6) is 1.70. The minimum Gasteiger partial charge on any atom is -0.311 e. The Morgan fingerprint density at radius 3 is 2.36 bits per heavy atom. The molecule has 1 saturated carbocycles. The Balaban J connectivity index is 2.27. The molecule has 1 rings (SSSR count). The predicted molar refractivity (Wildman–Crippen MR) is 63.5 cm³/mol. The quantitative estimate of drug-likeness (QED) is 0.726. The first kappa shape index (κ1) is 12.0. The predicted octanol–water partition coefficient (Wildman–Crippen LogP) is 3.59. The molecule has 1 nitrogen and oxygen atoms in total. The lowest BCUT2D eigenvalue weighted by atomic mass is 9.85. The van der Waals surface area contributed by atoms with Crippen molar-refractivity contribution < 1.29 is 0 Å². The van der Waals surface area contributed by atoms with E-state index in [1.54, 1.807) is 0 Å². The minimum atomic E-state index is 0.695. The van der Waals surface area contributed by atoms with Crippen molar-refractivity contribution >= 4 is 0 Å². The van der Waals surface area contributed by atoms with E-state index in [4.69, 9.17) is 0 Å². The third-order valence-corrected chi connectivity index (χ3v) is 3.44. The second kappa shape index (κ2) is 5.75. The van der Waals surface area contributed by atoms with E-state index in [-0.39, 0.29) is 0 Å². The van der Waals surface area contributed by atoms with Crippen molar-refractivity contribution in [2.45, 2.75) is 71.9 Å². The molecule has 1 aliphatic carbocycles. The molecule has 1 heteroatoms. The fourth-order valence-electron chi connectivity index (χ4n) is 2.70. The van der Waals surface area contributed by atoms with Gasteiger partial charge in [0, 0.05) is 12.1 Å². The van der Waals surface area contributed by atoms with Crippen molar-refractivity contribution in [2.75, 3.05) is 0 Å². The van der Waals surface area contributed by atoms with E-state index in [1.165, 1.54) is 32.1 Å². The van der Waals surface area contributed by atoms with Gasteiger partial charge in [0.05, 0.1) is 0 Å². The summed E-state index contributed by atoms with van der Waals surface area (Å²) in [7, 11) is 0. The van der Waals surface area contributed by atoms with E-state index in [0.29, 0.717) is 6.04 Å². The lowest BCUT2D eigenvalue weighted by molar-refractivity contribution is 0.252. The molecule has 0 aromatic rings. The zero-order valence-corrected chi connectivity index (χ0v) is 10.3. The van der Waals surface area contributed by atoms with Crippen LogP contribution in [0.25, 0.3) is 0 Å². The average Bonchev–Trinajstić information content (AvgIpc) is 2.07. The third kappa shape index (κ3) is 4.00. The Labute approximate surface area is 89.7 Å². The number of hydrogen-bond donors (Lipinski definition) is 1. The molecule has 1 aliphatic rings. The van der Waals surface area contributed by atoms with Crippen LogP contribution in [0.15, 0.2) is 0 Å². The summed E-state index contributed by atoms with van der Waals surface area (Å²) in [5.41, 5.74) is 0. The topological polar surface area (TPSA) is 12.0 Å². The average molecular weight is 197 g/mol. The summed E-state index contributed by atoms with van der Waals surface area (Å²) in [6.45, 7) is 9.35. The smallest absolute Gasteiger partial charge is 0.00951 e. The molecule has 0 spiro atoms. The first-order valence-corrected chi connectivity index (χ1v) is 6.35. The molecule has 1 fully saturated rings. The van der Waals surface area contributed by atoms with E-state index in [0.717, 1.165) is 17.9 Å². The van der Waals surface area contributed by atoms with Crippen molar-refractivity contribution in [3.05, 3.63) is 0 Å². The maximum absolute atomic E-state index is 3.80. The number of hydrogen-bond acceptors (Lipinski definition) is 1. The fourth-order valence-corrected chi connectivity index (χ4v) is 2.70. The van der Waals surface area contributed by atoms with Crippen molar-refractivity contribution in [3.63, 3.8) is 0 Å². The van der Waals surface area contributed by atoms with Crippen LogP contribution in [0, 0.1) is 11.8 Å². The van der Waals surface area contributed by atoms with Gasteiger partial charge in [-0.1, -0.05) is 33.6 Å².